The highest BCUT2D eigenvalue weighted by Crippen LogP contribution is 2.22. The van der Waals surface area contributed by atoms with Crippen molar-refractivity contribution in [2.24, 2.45) is 0 Å². The van der Waals surface area contributed by atoms with Crippen LogP contribution in [-0.4, -0.2) is 10.9 Å². The minimum absolute atomic E-state index is 0.0275. The molecule has 1 aromatic carbocycles. The molecule has 0 saturated carbocycles. The zero-order chi connectivity index (χ0) is 17.5. The Labute approximate surface area is 146 Å². The van der Waals surface area contributed by atoms with Crippen molar-refractivity contribution < 1.29 is 9.21 Å². The molecule has 0 aliphatic carbocycles. The van der Waals surface area contributed by atoms with Crippen LogP contribution in [0.1, 0.15) is 24.8 Å². The lowest BCUT2D eigenvalue weighted by atomic mass is 10.0. The third-order valence-corrected chi connectivity index (χ3v) is 3.90. The van der Waals surface area contributed by atoms with E-state index in [1.807, 2.05) is 48.6 Å². The first-order valence-corrected chi connectivity index (χ1v) is 8.22. The molecule has 4 heteroatoms. The minimum atomic E-state index is -0.0275. The van der Waals surface area contributed by atoms with E-state index < -0.39 is 0 Å². The summed E-state index contributed by atoms with van der Waals surface area (Å²) < 4.78 is 5.08. The number of allylic oxidation sites excluding steroid dienone is 2. The van der Waals surface area contributed by atoms with Crippen molar-refractivity contribution in [3.05, 3.63) is 78.9 Å². The summed E-state index contributed by atoms with van der Waals surface area (Å²) in [6.07, 6.45) is 10.8. The molecule has 0 spiro atoms. The number of furan rings is 1. The van der Waals surface area contributed by atoms with Crippen LogP contribution in [0, 0.1) is 0 Å². The molecule has 0 aliphatic rings. The second-order valence-electron chi connectivity index (χ2n) is 5.78. The molecule has 3 aromatic rings. The molecule has 2 heterocycles. The molecule has 0 fully saturated rings. The Morgan fingerprint density at radius 1 is 1.20 bits per heavy atom. The summed E-state index contributed by atoms with van der Waals surface area (Å²) in [5.74, 6) is -0.0275. The van der Waals surface area contributed by atoms with Gasteiger partial charge in [-0.2, -0.15) is 0 Å². The fourth-order valence-corrected chi connectivity index (χ4v) is 2.70. The van der Waals surface area contributed by atoms with E-state index >= 15 is 0 Å². The standard InChI is InChI=1S/C21H20N2O2/c1-2-5-16(14-17-11-13-25-15-17)9-10-20(24)23-19-8-3-6-18-7-4-12-22-21(18)19/h2-4,6-8,11-15H,1,5,9-10H2,(H,23,24)/b16-14-. The van der Waals surface area contributed by atoms with Crippen LogP contribution in [-0.2, 0) is 4.79 Å². The maximum atomic E-state index is 12.4. The van der Waals surface area contributed by atoms with E-state index in [2.05, 4.69) is 16.9 Å². The number of nitrogens with zero attached hydrogens (tertiary/aromatic N) is 1. The number of para-hydroxylation sites is 1. The molecule has 1 N–H and O–H groups in total. The summed E-state index contributed by atoms with van der Waals surface area (Å²) in [5.41, 5.74) is 3.68. The van der Waals surface area contributed by atoms with Crippen molar-refractivity contribution in [2.45, 2.75) is 19.3 Å². The van der Waals surface area contributed by atoms with Crippen molar-refractivity contribution in [3.8, 4) is 0 Å². The SMILES string of the molecule is C=CC/C(=C/c1ccoc1)CCC(=O)Nc1cccc2cccnc12. The number of carbonyl (C=O) groups is 1. The second-order valence-corrected chi connectivity index (χ2v) is 5.78. The smallest absolute Gasteiger partial charge is 0.224 e. The van der Waals surface area contributed by atoms with E-state index in [1.165, 1.54) is 0 Å². The van der Waals surface area contributed by atoms with Crippen molar-refractivity contribution in [2.75, 3.05) is 5.32 Å². The van der Waals surface area contributed by atoms with Crippen LogP contribution in [0.15, 0.2) is 77.8 Å². The molecule has 25 heavy (non-hydrogen) atoms. The number of nitrogens with one attached hydrogen (secondary N) is 1. The minimum Gasteiger partial charge on any atom is -0.472 e. The largest absolute Gasteiger partial charge is 0.472 e. The normalized spacial score (nSPS) is 11.4. The Bertz CT molecular complexity index is 890. The molecule has 0 saturated heterocycles. The number of hydrogen-bond acceptors (Lipinski definition) is 3. The number of amides is 1. The number of anilines is 1. The predicted octanol–water partition coefficient (Wildman–Crippen LogP) is 5.21. The fourth-order valence-electron chi connectivity index (χ4n) is 2.70. The van der Waals surface area contributed by atoms with Crippen molar-refractivity contribution in [1.29, 1.82) is 0 Å². The molecule has 0 unspecified atom stereocenters. The topological polar surface area (TPSA) is 55.1 Å². The van der Waals surface area contributed by atoms with Gasteiger partial charge in [-0.1, -0.05) is 35.9 Å². The summed E-state index contributed by atoms with van der Waals surface area (Å²) in [6.45, 7) is 3.79. The number of rotatable bonds is 7. The number of fused-ring (bicyclic) bond motifs is 1. The lowest BCUT2D eigenvalue weighted by Crippen LogP contribution is -2.12. The fraction of sp³-hybridized carbons (Fsp3) is 0.143. The number of carbonyl (C=O) groups excluding carboxylic acids is 1. The highest BCUT2D eigenvalue weighted by atomic mass is 16.3. The van der Waals surface area contributed by atoms with Gasteiger partial charge in [0, 0.05) is 23.6 Å². The quantitative estimate of drug-likeness (QED) is 0.605. The number of hydrogen-bond donors (Lipinski definition) is 1. The molecule has 3 rings (SSSR count). The summed E-state index contributed by atoms with van der Waals surface area (Å²) in [5, 5.41) is 3.98. The van der Waals surface area contributed by atoms with E-state index in [0.29, 0.717) is 12.8 Å². The Morgan fingerprint density at radius 3 is 2.88 bits per heavy atom. The number of aromatic nitrogens is 1. The van der Waals surface area contributed by atoms with Gasteiger partial charge in [0.25, 0.3) is 0 Å². The van der Waals surface area contributed by atoms with E-state index in [9.17, 15) is 4.79 Å². The van der Waals surface area contributed by atoms with Gasteiger partial charge in [0.2, 0.25) is 5.91 Å². The van der Waals surface area contributed by atoms with Crippen LogP contribution < -0.4 is 5.32 Å². The summed E-state index contributed by atoms with van der Waals surface area (Å²) >= 11 is 0. The first kappa shape index (κ1) is 16.7. The lowest BCUT2D eigenvalue weighted by Gasteiger charge is -2.09. The van der Waals surface area contributed by atoms with Crippen molar-refractivity contribution in [3.63, 3.8) is 0 Å². The molecule has 0 radical (unpaired) electrons. The monoisotopic (exact) mass is 332 g/mol. The first-order chi connectivity index (χ1) is 12.3. The van der Waals surface area contributed by atoms with Gasteiger partial charge in [0.05, 0.1) is 23.7 Å². The molecule has 2 aromatic heterocycles. The van der Waals surface area contributed by atoms with Crippen LogP contribution in [0.5, 0.6) is 0 Å². The van der Waals surface area contributed by atoms with Gasteiger partial charge >= 0.3 is 0 Å². The van der Waals surface area contributed by atoms with E-state index in [4.69, 9.17) is 4.42 Å². The van der Waals surface area contributed by atoms with Crippen molar-refractivity contribution in [1.82, 2.24) is 4.98 Å². The Morgan fingerprint density at radius 2 is 2.08 bits per heavy atom. The van der Waals surface area contributed by atoms with Gasteiger partial charge in [-0.25, -0.2) is 0 Å². The molecular weight excluding hydrogens is 312 g/mol. The number of pyridine rings is 1. The predicted molar refractivity (Wildman–Crippen MR) is 101 cm³/mol. The molecular formula is C21H20N2O2. The molecule has 4 nitrogen and oxygen atoms in total. The van der Waals surface area contributed by atoms with E-state index in [-0.39, 0.29) is 5.91 Å². The van der Waals surface area contributed by atoms with Crippen LogP contribution in [0.3, 0.4) is 0 Å². The molecule has 0 atom stereocenters. The Hall–Kier alpha value is -3.14. The maximum Gasteiger partial charge on any atom is 0.224 e. The highest BCUT2D eigenvalue weighted by molar-refractivity contribution is 6.00. The van der Waals surface area contributed by atoms with E-state index in [0.717, 1.165) is 34.1 Å². The Balaban J connectivity index is 1.66. The third-order valence-electron chi connectivity index (χ3n) is 3.90. The third kappa shape index (κ3) is 4.44. The second kappa shape index (κ2) is 8.11. The van der Waals surface area contributed by atoms with Gasteiger partial charge in [0.15, 0.2) is 0 Å². The first-order valence-electron chi connectivity index (χ1n) is 8.22. The van der Waals surface area contributed by atoms with Crippen LogP contribution in [0.25, 0.3) is 17.0 Å². The average molecular weight is 332 g/mol. The van der Waals surface area contributed by atoms with Gasteiger partial charge in [-0.15, -0.1) is 6.58 Å². The van der Waals surface area contributed by atoms with Gasteiger partial charge in [0.1, 0.15) is 0 Å². The molecule has 1 amide bonds. The molecule has 0 bridgehead atoms. The summed E-state index contributed by atoms with van der Waals surface area (Å²) in [6, 6.07) is 11.5. The zero-order valence-electron chi connectivity index (χ0n) is 13.9. The van der Waals surface area contributed by atoms with Gasteiger partial charge in [-0.3, -0.25) is 9.78 Å². The van der Waals surface area contributed by atoms with Crippen LogP contribution in [0.2, 0.25) is 0 Å². The number of benzene rings is 1. The van der Waals surface area contributed by atoms with Gasteiger partial charge < -0.3 is 9.73 Å². The lowest BCUT2D eigenvalue weighted by molar-refractivity contribution is -0.116. The summed E-state index contributed by atoms with van der Waals surface area (Å²) in [4.78, 5) is 16.7. The van der Waals surface area contributed by atoms with Crippen LogP contribution >= 0.6 is 0 Å². The maximum absolute atomic E-state index is 12.4. The molecule has 0 aliphatic heterocycles. The average Bonchev–Trinajstić information content (AvgIpc) is 3.13. The Kier molecular flexibility index (Phi) is 5.42. The van der Waals surface area contributed by atoms with Gasteiger partial charge in [-0.05, 0) is 31.0 Å². The van der Waals surface area contributed by atoms with Crippen molar-refractivity contribution >= 4 is 28.6 Å². The zero-order valence-corrected chi connectivity index (χ0v) is 13.9. The summed E-state index contributed by atoms with van der Waals surface area (Å²) in [7, 11) is 0. The highest BCUT2D eigenvalue weighted by Gasteiger charge is 2.08. The molecule has 126 valence electrons. The van der Waals surface area contributed by atoms with E-state index in [1.54, 1.807) is 18.7 Å². The van der Waals surface area contributed by atoms with Crippen LogP contribution in [0.4, 0.5) is 5.69 Å².